The standard InChI is InChI=1S/C17H30N4O.HI/c1-3-18-17(19-11-10-16-9-6-14-22-16)20-12-13-21(2)15-7-4-5-8-15;/h6,9,14-15H,3-5,7-8,10-13H2,1-2H3,(H2,18,19,20);1H. The first-order chi connectivity index (χ1) is 10.8. The number of hydrogen-bond acceptors (Lipinski definition) is 3. The van der Waals surface area contributed by atoms with Crippen molar-refractivity contribution in [3.05, 3.63) is 24.2 Å². The lowest BCUT2D eigenvalue weighted by atomic mass is 10.2. The average molecular weight is 434 g/mol. The predicted octanol–water partition coefficient (Wildman–Crippen LogP) is 2.87. The minimum atomic E-state index is 0. The number of guanidine groups is 1. The van der Waals surface area contributed by atoms with Crippen molar-refractivity contribution in [2.75, 3.05) is 33.2 Å². The van der Waals surface area contributed by atoms with Crippen LogP contribution in [0.2, 0.25) is 0 Å². The monoisotopic (exact) mass is 434 g/mol. The maximum Gasteiger partial charge on any atom is 0.191 e. The molecule has 1 fully saturated rings. The molecule has 0 aromatic carbocycles. The zero-order valence-corrected chi connectivity index (χ0v) is 16.7. The summed E-state index contributed by atoms with van der Waals surface area (Å²) in [5.41, 5.74) is 0. The Bertz CT molecular complexity index is 430. The van der Waals surface area contributed by atoms with E-state index < -0.39 is 0 Å². The quantitative estimate of drug-likeness (QED) is 0.376. The van der Waals surface area contributed by atoms with Gasteiger partial charge in [-0.15, -0.1) is 24.0 Å². The van der Waals surface area contributed by atoms with Crippen LogP contribution in [-0.2, 0) is 6.42 Å². The second-order valence-electron chi connectivity index (χ2n) is 5.94. The van der Waals surface area contributed by atoms with Crippen molar-refractivity contribution in [3.63, 3.8) is 0 Å². The van der Waals surface area contributed by atoms with Crippen LogP contribution in [-0.4, -0.2) is 50.1 Å². The van der Waals surface area contributed by atoms with Gasteiger partial charge in [0.15, 0.2) is 5.96 Å². The number of aliphatic imine (C=N–C) groups is 1. The van der Waals surface area contributed by atoms with Crippen LogP contribution in [0.1, 0.15) is 38.4 Å². The Morgan fingerprint density at radius 2 is 2.13 bits per heavy atom. The van der Waals surface area contributed by atoms with Gasteiger partial charge in [0.05, 0.1) is 12.8 Å². The molecule has 0 spiro atoms. The normalized spacial score (nSPS) is 15.7. The van der Waals surface area contributed by atoms with Gasteiger partial charge in [0.25, 0.3) is 0 Å². The van der Waals surface area contributed by atoms with Gasteiger partial charge in [-0.1, -0.05) is 12.8 Å². The number of rotatable bonds is 8. The van der Waals surface area contributed by atoms with Crippen LogP contribution in [0.3, 0.4) is 0 Å². The first-order valence-electron chi connectivity index (χ1n) is 8.54. The second-order valence-corrected chi connectivity index (χ2v) is 5.94. The summed E-state index contributed by atoms with van der Waals surface area (Å²) in [6.07, 6.45) is 8.06. The minimum Gasteiger partial charge on any atom is -0.469 e. The Kier molecular flexibility index (Phi) is 10.3. The molecule has 23 heavy (non-hydrogen) atoms. The lowest BCUT2D eigenvalue weighted by Gasteiger charge is -2.23. The van der Waals surface area contributed by atoms with Gasteiger partial charge in [-0.3, -0.25) is 4.99 Å². The van der Waals surface area contributed by atoms with Gasteiger partial charge in [-0.05, 0) is 38.9 Å². The van der Waals surface area contributed by atoms with E-state index in [4.69, 9.17) is 4.42 Å². The molecule has 6 heteroatoms. The van der Waals surface area contributed by atoms with Crippen LogP contribution in [0.15, 0.2) is 27.8 Å². The lowest BCUT2D eigenvalue weighted by molar-refractivity contribution is 0.252. The number of halogens is 1. The second kappa shape index (κ2) is 11.7. The summed E-state index contributed by atoms with van der Waals surface area (Å²) < 4.78 is 5.34. The summed E-state index contributed by atoms with van der Waals surface area (Å²) in [5.74, 6) is 1.90. The van der Waals surface area contributed by atoms with Crippen molar-refractivity contribution < 1.29 is 4.42 Å². The van der Waals surface area contributed by atoms with E-state index in [9.17, 15) is 0 Å². The zero-order chi connectivity index (χ0) is 15.6. The molecule has 2 rings (SSSR count). The van der Waals surface area contributed by atoms with E-state index >= 15 is 0 Å². The third-order valence-electron chi connectivity index (χ3n) is 4.26. The molecule has 0 bridgehead atoms. The van der Waals surface area contributed by atoms with Crippen LogP contribution >= 0.6 is 24.0 Å². The third kappa shape index (κ3) is 7.56. The van der Waals surface area contributed by atoms with Crippen LogP contribution in [0.4, 0.5) is 0 Å². The van der Waals surface area contributed by atoms with Gasteiger partial charge in [0, 0.05) is 32.1 Å². The van der Waals surface area contributed by atoms with Gasteiger partial charge < -0.3 is 20.0 Å². The number of nitrogens with zero attached hydrogens (tertiary/aromatic N) is 2. The van der Waals surface area contributed by atoms with E-state index in [1.807, 2.05) is 12.1 Å². The molecule has 0 unspecified atom stereocenters. The number of hydrogen-bond donors (Lipinski definition) is 2. The maximum absolute atomic E-state index is 5.34. The molecule has 1 saturated carbocycles. The first-order valence-corrected chi connectivity index (χ1v) is 8.54. The topological polar surface area (TPSA) is 52.8 Å². The lowest BCUT2D eigenvalue weighted by Crippen LogP contribution is -2.39. The summed E-state index contributed by atoms with van der Waals surface area (Å²) in [7, 11) is 2.22. The molecule has 0 radical (unpaired) electrons. The zero-order valence-electron chi connectivity index (χ0n) is 14.4. The van der Waals surface area contributed by atoms with E-state index in [2.05, 4.69) is 34.5 Å². The predicted molar refractivity (Wildman–Crippen MR) is 107 cm³/mol. The van der Waals surface area contributed by atoms with E-state index in [1.165, 1.54) is 25.7 Å². The molecular formula is C17H31IN4O. The summed E-state index contributed by atoms with van der Waals surface area (Å²) >= 11 is 0. The van der Waals surface area contributed by atoms with Crippen LogP contribution in [0.25, 0.3) is 0 Å². The molecule has 0 atom stereocenters. The van der Waals surface area contributed by atoms with Gasteiger partial charge >= 0.3 is 0 Å². The fourth-order valence-electron chi connectivity index (χ4n) is 2.95. The summed E-state index contributed by atoms with van der Waals surface area (Å²) in [6, 6.07) is 4.69. The van der Waals surface area contributed by atoms with Crippen molar-refractivity contribution in [3.8, 4) is 0 Å². The first kappa shape index (κ1) is 20.3. The number of furan rings is 1. The molecule has 132 valence electrons. The largest absolute Gasteiger partial charge is 0.469 e. The van der Waals surface area contributed by atoms with Crippen molar-refractivity contribution in [2.24, 2.45) is 4.99 Å². The maximum atomic E-state index is 5.34. The highest BCUT2D eigenvalue weighted by Crippen LogP contribution is 2.21. The Morgan fingerprint density at radius 1 is 1.35 bits per heavy atom. The summed E-state index contributed by atoms with van der Waals surface area (Å²) in [6.45, 7) is 5.67. The van der Waals surface area contributed by atoms with Crippen LogP contribution < -0.4 is 10.6 Å². The van der Waals surface area contributed by atoms with Gasteiger partial charge in [0.1, 0.15) is 5.76 Å². The Morgan fingerprint density at radius 3 is 2.78 bits per heavy atom. The van der Waals surface area contributed by atoms with Gasteiger partial charge in [-0.25, -0.2) is 0 Å². The van der Waals surface area contributed by atoms with Crippen LogP contribution in [0.5, 0.6) is 0 Å². The summed E-state index contributed by atoms with van der Waals surface area (Å²) in [5, 5.41) is 6.66. The molecule has 0 amide bonds. The molecule has 1 heterocycles. The van der Waals surface area contributed by atoms with E-state index in [0.717, 1.165) is 50.4 Å². The molecule has 1 aliphatic carbocycles. The van der Waals surface area contributed by atoms with Crippen molar-refractivity contribution in [1.29, 1.82) is 0 Å². The number of likely N-dealkylation sites (N-methyl/N-ethyl adjacent to an activating group) is 1. The van der Waals surface area contributed by atoms with E-state index in [0.29, 0.717) is 0 Å². The Labute approximate surface area is 157 Å². The fraction of sp³-hybridized carbons (Fsp3) is 0.706. The molecular weight excluding hydrogens is 403 g/mol. The molecule has 0 saturated heterocycles. The molecule has 5 nitrogen and oxygen atoms in total. The highest BCUT2D eigenvalue weighted by atomic mass is 127. The minimum absolute atomic E-state index is 0. The number of nitrogens with one attached hydrogen (secondary N) is 2. The Balaban J connectivity index is 0.00000264. The fourth-order valence-corrected chi connectivity index (χ4v) is 2.95. The molecule has 1 aromatic heterocycles. The van der Waals surface area contributed by atoms with Crippen molar-refractivity contribution in [2.45, 2.75) is 45.1 Å². The van der Waals surface area contributed by atoms with E-state index in [1.54, 1.807) is 6.26 Å². The highest BCUT2D eigenvalue weighted by Gasteiger charge is 2.18. The van der Waals surface area contributed by atoms with Gasteiger partial charge in [0.2, 0.25) is 0 Å². The van der Waals surface area contributed by atoms with Gasteiger partial charge in [-0.2, -0.15) is 0 Å². The van der Waals surface area contributed by atoms with Crippen LogP contribution in [0, 0.1) is 0 Å². The third-order valence-corrected chi connectivity index (χ3v) is 4.26. The highest BCUT2D eigenvalue weighted by molar-refractivity contribution is 14.0. The summed E-state index contributed by atoms with van der Waals surface area (Å²) in [4.78, 5) is 7.13. The molecule has 1 aromatic rings. The average Bonchev–Trinajstić information content (AvgIpc) is 3.20. The SMILES string of the molecule is CCNC(=NCCN(C)C1CCCC1)NCCc1ccco1.I. The van der Waals surface area contributed by atoms with E-state index in [-0.39, 0.29) is 24.0 Å². The Hall–Kier alpha value is -0.760. The van der Waals surface area contributed by atoms with Crippen molar-refractivity contribution >= 4 is 29.9 Å². The smallest absolute Gasteiger partial charge is 0.191 e. The molecule has 0 aliphatic heterocycles. The molecule has 1 aliphatic rings. The van der Waals surface area contributed by atoms with Crippen molar-refractivity contribution in [1.82, 2.24) is 15.5 Å². The molecule has 2 N–H and O–H groups in total.